The average molecular weight is 432 g/mol. The molecule has 4 aromatic rings. The monoisotopic (exact) mass is 431 g/mol. The lowest BCUT2D eigenvalue weighted by atomic mass is 10.2. The maximum atomic E-state index is 12.9. The Balaban J connectivity index is 1.84. The summed E-state index contributed by atoms with van der Waals surface area (Å²) in [7, 11) is 1.56. The highest BCUT2D eigenvalue weighted by atomic mass is 16.2. The quantitative estimate of drug-likeness (QED) is 0.353. The van der Waals surface area contributed by atoms with Crippen LogP contribution in [0.5, 0.6) is 0 Å². The lowest BCUT2D eigenvalue weighted by molar-refractivity contribution is -0.107. The Labute approximate surface area is 185 Å². The van der Waals surface area contributed by atoms with Crippen LogP contribution in [0, 0.1) is 0 Å². The van der Waals surface area contributed by atoms with Gasteiger partial charge < -0.3 is 10.3 Å². The van der Waals surface area contributed by atoms with Crippen molar-refractivity contribution in [2.45, 2.75) is 19.9 Å². The molecule has 164 valence electrons. The molecule has 0 aliphatic heterocycles. The molecule has 2 heterocycles. The fraction of sp³-hybridized carbons (Fsp3) is 0.217. The molecular formula is C23H25N7O2. The maximum absolute atomic E-state index is 12.9. The van der Waals surface area contributed by atoms with Crippen molar-refractivity contribution < 1.29 is 9.59 Å². The van der Waals surface area contributed by atoms with Gasteiger partial charge in [-0.05, 0) is 24.1 Å². The Bertz CT molecular complexity index is 1200. The zero-order chi connectivity index (χ0) is 22.5. The van der Waals surface area contributed by atoms with Gasteiger partial charge in [0, 0.05) is 13.6 Å². The van der Waals surface area contributed by atoms with E-state index in [1.165, 1.54) is 4.90 Å². The van der Waals surface area contributed by atoms with E-state index in [2.05, 4.69) is 25.6 Å². The molecule has 0 atom stereocenters. The van der Waals surface area contributed by atoms with E-state index in [1.807, 2.05) is 61.5 Å². The van der Waals surface area contributed by atoms with Gasteiger partial charge in [-0.3, -0.25) is 24.4 Å². The largest absolute Gasteiger partial charge is 0.354 e. The molecule has 0 bridgehead atoms. The molecule has 2 amide bonds. The smallest absolute Gasteiger partial charge is 0.271 e. The molecule has 2 aromatic carbocycles. The van der Waals surface area contributed by atoms with E-state index in [1.54, 1.807) is 11.6 Å². The number of para-hydroxylation sites is 2. The first-order valence-electron chi connectivity index (χ1n) is 10.4. The molecular weight excluding hydrogens is 406 g/mol. The Kier molecular flexibility index (Phi) is 6.16. The lowest BCUT2D eigenvalue weighted by Gasteiger charge is -2.16. The number of benzene rings is 2. The van der Waals surface area contributed by atoms with E-state index in [-0.39, 0.29) is 5.91 Å². The second-order valence-corrected chi connectivity index (χ2v) is 7.28. The zero-order valence-corrected chi connectivity index (χ0v) is 18.0. The first kappa shape index (κ1) is 21.1. The second kappa shape index (κ2) is 9.34. The molecule has 2 aromatic heterocycles. The standard InChI is InChI=1S/C23H25N7O2/c1-3-13-29(15-31)20-19(21(32)24-2)30(14-16-9-5-4-6-10-16)23(27-20)28-22-25-17-11-7-8-12-18(17)26-22/h4-12,15H,3,13-14H2,1-2H3,(H,24,32)(H2,25,26,27,28). The van der Waals surface area contributed by atoms with Gasteiger partial charge in [-0.25, -0.2) is 4.98 Å². The van der Waals surface area contributed by atoms with Crippen LogP contribution in [0.15, 0.2) is 54.6 Å². The molecule has 9 nitrogen and oxygen atoms in total. The van der Waals surface area contributed by atoms with Crippen LogP contribution >= 0.6 is 0 Å². The zero-order valence-electron chi connectivity index (χ0n) is 18.0. The third-order valence-electron chi connectivity index (χ3n) is 5.06. The SMILES string of the molecule is CCCN(C=O)c1nc(Nc2nc3ccccc3[nH]2)n(Cc2ccccc2)c1C(=O)NC. The van der Waals surface area contributed by atoms with E-state index in [9.17, 15) is 9.59 Å². The third kappa shape index (κ3) is 4.18. The van der Waals surface area contributed by atoms with Gasteiger partial charge in [0.2, 0.25) is 18.3 Å². The summed E-state index contributed by atoms with van der Waals surface area (Å²) >= 11 is 0. The van der Waals surface area contributed by atoms with E-state index in [0.717, 1.165) is 23.0 Å². The van der Waals surface area contributed by atoms with Crippen molar-refractivity contribution in [1.29, 1.82) is 0 Å². The van der Waals surface area contributed by atoms with E-state index in [0.29, 0.717) is 42.9 Å². The fourth-order valence-electron chi connectivity index (χ4n) is 3.57. The number of hydrogen-bond donors (Lipinski definition) is 3. The van der Waals surface area contributed by atoms with Gasteiger partial charge in [-0.15, -0.1) is 0 Å². The highest BCUT2D eigenvalue weighted by Gasteiger charge is 2.26. The van der Waals surface area contributed by atoms with Crippen molar-refractivity contribution in [2.24, 2.45) is 0 Å². The molecule has 4 rings (SSSR count). The van der Waals surface area contributed by atoms with Crippen molar-refractivity contribution in [1.82, 2.24) is 24.8 Å². The highest BCUT2D eigenvalue weighted by Crippen LogP contribution is 2.28. The topological polar surface area (TPSA) is 108 Å². The van der Waals surface area contributed by atoms with Gasteiger partial charge >= 0.3 is 0 Å². The first-order chi connectivity index (χ1) is 15.6. The Morgan fingerprint density at radius 3 is 2.56 bits per heavy atom. The van der Waals surface area contributed by atoms with Crippen molar-refractivity contribution in [3.05, 3.63) is 65.9 Å². The van der Waals surface area contributed by atoms with Crippen LogP contribution in [-0.4, -0.2) is 45.4 Å². The Morgan fingerprint density at radius 2 is 1.88 bits per heavy atom. The summed E-state index contributed by atoms with van der Waals surface area (Å²) in [5, 5.41) is 5.88. The van der Waals surface area contributed by atoms with Gasteiger partial charge in [-0.1, -0.05) is 49.4 Å². The number of carbonyl (C=O) groups is 2. The number of rotatable bonds is 9. The van der Waals surface area contributed by atoms with Crippen LogP contribution in [0.3, 0.4) is 0 Å². The minimum atomic E-state index is -0.330. The van der Waals surface area contributed by atoms with Crippen LogP contribution in [0.4, 0.5) is 17.7 Å². The van der Waals surface area contributed by atoms with Crippen LogP contribution in [0.25, 0.3) is 11.0 Å². The molecule has 0 spiro atoms. The minimum absolute atomic E-state index is 0.301. The molecule has 32 heavy (non-hydrogen) atoms. The Morgan fingerprint density at radius 1 is 1.12 bits per heavy atom. The van der Waals surface area contributed by atoms with Crippen LogP contribution in [0.2, 0.25) is 0 Å². The summed E-state index contributed by atoms with van der Waals surface area (Å²) in [5.74, 6) is 0.873. The van der Waals surface area contributed by atoms with Gasteiger partial charge in [0.05, 0.1) is 17.6 Å². The summed E-state index contributed by atoms with van der Waals surface area (Å²) < 4.78 is 1.77. The number of fused-ring (bicyclic) bond motifs is 1. The number of imidazole rings is 2. The molecule has 9 heteroatoms. The molecule has 0 aliphatic rings. The van der Waals surface area contributed by atoms with Crippen molar-refractivity contribution in [2.75, 3.05) is 23.8 Å². The number of hydrogen-bond acceptors (Lipinski definition) is 5. The number of anilines is 3. The molecule has 0 saturated carbocycles. The summed E-state index contributed by atoms with van der Waals surface area (Å²) in [6.45, 7) is 2.79. The highest BCUT2D eigenvalue weighted by molar-refractivity contribution is 6.00. The first-order valence-corrected chi connectivity index (χ1v) is 10.4. The third-order valence-corrected chi connectivity index (χ3v) is 5.06. The van der Waals surface area contributed by atoms with E-state index >= 15 is 0 Å². The summed E-state index contributed by atoms with van der Waals surface area (Å²) in [6, 6.07) is 17.4. The van der Waals surface area contributed by atoms with Gasteiger partial charge in [-0.2, -0.15) is 4.98 Å². The molecule has 0 unspecified atom stereocenters. The predicted molar refractivity (Wildman–Crippen MR) is 124 cm³/mol. The maximum Gasteiger partial charge on any atom is 0.271 e. The van der Waals surface area contributed by atoms with Gasteiger partial charge in [0.1, 0.15) is 0 Å². The molecule has 3 N–H and O–H groups in total. The van der Waals surface area contributed by atoms with E-state index in [4.69, 9.17) is 0 Å². The second-order valence-electron chi connectivity index (χ2n) is 7.28. The number of nitrogens with zero attached hydrogens (tertiary/aromatic N) is 4. The van der Waals surface area contributed by atoms with Crippen LogP contribution < -0.4 is 15.5 Å². The molecule has 0 aliphatic carbocycles. The summed E-state index contributed by atoms with van der Waals surface area (Å²) in [6.07, 6.45) is 1.43. The van der Waals surface area contributed by atoms with Gasteiger partial charge in [0.15, 0.2) is 11.5 Å². The van der Waals surface area contributed by atoms with Crippen molar-refractivity contribution in [3.8, 4) is 0 Å². The average Bonchev–Trinajstić information content (AvgIpc) is 3.38. The number of H-pyrrole nitrogens is 1. The van der Waals surface area contributed by atoms with Crippen LogP contribution in [0.1, 0.15) is 29.4 Å². The van der Waals surface area contributed by atoms with Gasteiger partial charge in [0.25, 0.3) is 5.91 Å². The predicted octanol–water partition coefficient (Wildman–Crippen LogP) is 3.28. The molecule has 0 fully saturated rings. The number of carbonyl (C=O) groups excluding carboxylic acids is 2. The normalized spacial score (nSPS) is 10.8. The number of amides is 2. The lowest BCUT2D eigenvalue weighted by Crippen LogP contribution is -2.28. The van der Waals surface area contributed by atoms with Crippen LogP contribution in [-0.2, 0) is 11.3 Å². The molecule has 0 radical (unpaired) electrons. The molecule has 0 saturated heterocycles. The number of nitrogens with one attached hydrogen (secondary N) is 3. The van der Waals surface area contributed by atoms with E-state index < -0.39 is 0 Å². The summed E-state index contributed by atoms with van der Waals surface area (Å²) in [4.78, 5) is 38.6. The van der Waals surface area contributed by atoms with Crippen molar-refractivity contribution in [3.63, 3.8) is 0 Å². The van der Waals surface area contributed by atoms with Crippen molar-refractivity contribution >= 4 is 41.1 Å². The Hall–Kier alpha value is -4.14. The summed E-state index contributed by atoms with van der Waals surface area (Å²) in [5.41, 5.74) is 2.98. The fourth-order valence-corrected chi connectivity index (χ4v) is 3.57. The minimum Gasteiger partial charge on any atom is -0.354 e. The number of aromatic nitrogens is 4. The number of aromatic amines is 1.